The van der Waals surface area contributed by atoms with Gasteiger partial charge in [0.05, 0.1) is 18.7 Å². The molecule has 2 heterocycles. The zero-order valence-electron chi connectivity index (χ0n) is 18.2. The van der Waals surface area contributed by atoms with Crippen LogP contribution in [0.2, 0.25) is 10.2 Å². The molecule has 1 aromatic carbocycles. The molecule has 0 bridgehead atoms. The molecule has 2 aromatic heterocycles. The third-order valence-corrected chi connectivity index (χ3v) is 6.03. The number of aryl methyl sites for hydroxylation is 3. The Balaban J connectivity index is 1.71. The summed E-state index contributed by atoms with van der Waals surface area (Å²) in [6, 6.07) is 7.17. The smallest absolute Gasteiger partial charge is 0.272 e. The van der Waals surface area contributed by atoms with Crippen LogP contribution in [-0.2, 0) is 37.9 Å². The maximum Gasteiger partial charge on any atom is 0.272 e. The van der Waals surface area contributed by atoms with Crippen molar-refractivity contribution < 1.29 is 4.79 Å². The average Bonchev–Trinajstić information content (AvgIpc) is 3.00. The van der Waals surface area contributed by atoms with Crippen molar-refractivity contribution in [2.45, 2.75) is 39.9 Å². The van der Waals surface area contributed by atoms with E-state index in [2.05, 4.69) is 15.8 Å². The molecule has 32 heavy (non-hydrogen) atoms. The maximum absolute atomic E-state index is 13.0. The number of carbonyl (C=O) groups is 1. The van der Waals surface area contributed by atoms with Crippen molar-refractivity contribution in [3.8, 4) is 0 Å². The highest BCUT2D eigenvalue weighted by Gasteiger charge is 2.15. The van der Waals surface area contributed by atoms with Gasteiger partial charge in [0.25, 0.3) is 5.56 Å². The second-order valence-corrected chi connectivity index (χ2v) is 8.33. The first-order valence-electron chi connectivity index (χ1n) is 10.1. The highest BCUT2D eigenvalue weighted by molar-refractivity contribution is 6.30. The van der Waals surface area contributed by atoms with Crippen LogP contribution in [-0.4, -0.2) is 20.4 Å². The number of nitrogens with two attached hydrogens (primary N) is 1. The zero-order chi connectivity index (χ0) is 23.4. The SMILES string of the molecule is Cc1ccn(NCc2c(C)nn(C)c2Cl)c(=O)c1CC(=O)NCc1cc(Cl)ccc1CN. The third-order valence-electron chi connectivity index (χ3n) is 5.32. The Morgan fingerprint density at radius 2 is 1.88 bits per heavy atom. The lowest BCUT2D eigenvalue weighted by atomic mass is 10.1. The molecule has 0 spiro atoms. The van der Waals surface area contributed by atoms with Gasteiger partial charge in [0.15, 0.2) is 0 Å². The van der Waals surface area contributed by atoms with Crippen LogP contribution < -0.4 is 22.0 Å². The van der Waals surface area contributed by atoms with Crippen LogP contribution >= 0.6 is 23.2 Å². The van der Waals surface area contributed by atoms with E-state index in [0.29, 0.717) is 28.8 Å². The van der Waals surface area contributed by atoms with E-state index in [1.807, 2.05) is 13.0 Å². The van der Waals surface area contributed by atoms with Crippen molar-refractivity contribution in [1.29, 1.82) is 0 Å². The minimum absolute atomic E-state index is 0.0433. The summed E-state index contributed by atoms with van der Waals surface area (Å²) >= 11 is 12.3. The molecular weight excluding hydrogens is 451 g/mol. The molecule has 0 fully saturated rings. The molecule has 0 aliphatic rings. The molecule has 0 radical (unpaired) electrons. The van der Waals surface area contributed by atoms with Crippen LogP contribution in [0.1, 0.15) is 33.5 Å². The molecule has 8 nitrogen and oxygen atoms in total. The van der Waals surface area contributed by atoms with Gasteiger partial charge >= 0.3 is 0 Å². The van der Waals surface area contributed by atoms with Crippen molar-refractivity contribution >= 4 is 29.1 Å². The molecule has 170 valence electrons. The number of pyridine rings is 1. The van der Waals surface area contributed by atoms with E-state index in [1.165, 1.54) is 4.68 Å². The van der Waals surface area contributed by atoms with E-state index in [0.717, 1.165) is 27.9 Å². The van der Waals surface area contributed by atoms with Gasteiger partial charge in [-0.25, -0.2) is 4.68 Å². The van der Waals surface area contributed by atoms with E-state index in [-0.39, 0.29) is 24.4 Å². The fraction of sp³-hybridized carbons (Fsp3) is 0.318. The predicted molar refractivity (Wildman–Crippen MR) is 126 cm³/mol. The third kappa shape index (κ3) is 5.32. The minimum atomic E-state index is -0.289. The summed E-state index contributed by atoms with van der Waals surface area (Å²) in [5.41, 5.74) is 13.0. The number of halogens is 2. The number of nitrogens with zero attached hydrogens (tertiary/aromatic N) is 3. The van der Waals surface area contributed by atoms with Crippen molar-refractivity contribution in [1.82, 2.24) is 19.8 Å². The molecule has 0 aliphatic heterocycles. The Morgan fingerprint density at radius 1 is 1.12 bits per heavy atom. The summed E-state index contributed by atoms with van der Waals surface area (Å²) in [4.78, 5) is 25.6. The summed E-state index contributed by atoms with van der Waals surface area (Å²) in [5.74, 6) is -0.267. The van der Waals surface area contributed by atoms with Crippen molar-refractivity contribution in [2.24, 2.45) is 12.8 Å². The molecule has 3 rings (SSSR count). The average molecular weight is 477 g/mol. The number of nitrogens with one attached hydrogen (secondary N) is 2. The number of hydrogen-bond donors (Lipinski definition) is 3. The van der Waals surface area contributed by atoms with E-state index in [1.54, 1.807) is 43.0 Å². The number of hydrogen-bond acceptors (Lipinski definition) is 5. The normalized spacial score (nSPS) is 10.9. The van der Waals surface area contributed by atoms with Gasteiger partial charge in [0.1, 0.15) is 5.15 Å². The fourth-order valence-electron chi connectivity index (χ4n) is 3.42. The molecule has 0 unspecified atom stereocenters. The number of carbonyl (C=O) groups excluding carboxylic acids is 1. The lowest BCUT2D eigenvalue weighted by Gasteiger charge is -2.14. The first-order chi connectivity index (χ1) is 15.2. The van der Waals surface area contributed by atoms with Crippen LogP contribution in [0.3, 0.4) is 0 Å². The van der Waals surface area contributed by atoms with Gasteiger partial charge in [-0.05, 0) is 48.7 Å². The largest absolute Gasteiger partial charge is 0.352 e. The van der Waals surface area contributed by atoms with Gasteiger partial charge in [-0.3, -0.25) is 14.3 Å². The highest BCUT2D eigenvalue weighted by atomic mass is 35.5. The van der Waals surface area contributed by atoms with Crippen molar-refractivity contribution in [3.63, 3.8) is 0 Å². The highest BCUT2D eigenvalue weighted by Crippen LogP contribution is 2.18. The Bertz CT molecular complexity index is 1200. The molecule has 0 aliphatic carbocycles. The number of amides is 1. The quantitative estimate of drug-likeness (QED) is 0.463. The summed E-state index contributed by atoms with van der Waals surface area (Å²) < 4.78 is 2.94. The van der Waals surface area contributed by atoms with E-state index >= 15 is 0 Å². The van der Waals surface area contributed by atoms with Gasteiger partial charge in [-0.15, -0.1) is 0 Å². The van der Waals surface area contributed by atoms with Gasteiger partial charge in [0, 0.05) is 42.5 Å². The van der Waals surface area contributed by atoms with Crippen LogP contribution in [0.4, 0.5) is 0 Å². The predicted octanol–water partition coefficient (Wildman–Crippen LogP) is 2.57. The summed E-state index contributed by atoms with van der Waals surface area (Å²) in [5, 5.41) is 8.20. The lowest BCUT2D eigenvalue weighted by Crippen LogP contribution is -2.34. The number of rotatable bonds is 8. The molecule has 10 heteroatoms. The Kier molecular flexibility index (Phi) is 7.60. The van der Waals surface area contributed by atoms with Crippen LogP contribution in [0, 0.1) is 13.8 Å². The van der Waals surface area contributed by atoms with Crippen LogP contribution in [0.5, 0.6) is 0 Å². The molecule has 0 saturated heterocycles. The Labute approximate surface area is 196 Å². The van der Waals surface area contributed by atoms with Gasteiger partial charge in [-0.2, -0.15) is 5.10 Å². The molecule has 0 saturated carbocycles. The Morgan fingerprint density at radius 3 is 2.53 bits per heavy atom. The topological polar surface area (TPSA) is 107 Å². The van der Waals surface area contributed by atoms with Gasteiger partial charge in [0.2, 0.25) is 5.91 Å². The fourth-order valence-corrected chi connectivity index (χ4v) is 3.86. The molecule has 1 amide bonds. The Hall–Kier alpha value is -2.81. The minimum Gasteiger partial charge on any atom is -0.352 e. The van der Waals surface area contributed by atoms with E-state index < -0.39 is 0 Å². The van der Waals surface area contributed by atoms with Crippen LogP contribution in [0.15, 0.2) is 35.3 Å². The molecular formula is C22H26Cl2N6O2. The zero-order valence-corrected chi connectivity index (χ0v) is 19.7. The van der Waals surface area contributed by atoms with Gasteiger partial charge in [-0.1, -0.05) is 29.3 Å². The van der Waals surface area contributed by atoms with Crippen molar-refractivity contribution in [3.05, 3.63) is 84.5 Å². The van der Waals surface area contributed by atoms with Crippen LogP contribution in [0.25, 0.3) is 0 Å². The maximum atomic E-state index is 13.0. The van der Waals surface area contributed by atoms with Gasteiger partial charge < -0.3 is 16.5 Å². The summed E-state index contributed by atoms with van der Waals surface area (Å²) in [6.07, 6.45) is 1.59. The summed E-state index contributed by atoms with van der Waals surface area (Å²) in [7, 11) is 1.76. The standard InChI is InChI=1S/C22H26Cl2N6O2/c1-13-6-7-30(27-12-19-14(2)28-29(3)21(19)24)22(32)18(13)9-20(31)26-11-16-8-17(23)5-4-15(16)10-25/h4-8,27H,9-12,25H2,1-3H3,(H,26,31). The number of benzene rings is 1. The summed E-state index contributed by atoms with van der Waals surface area (Å²) in [6.45, 7) is 4.61. The molecule has 3 aromatic rings. The second-order valence-electron chi connectivity index (χ2n) is 7.54. The molecule has 0 atom stereocenters. The van der Waals surface area contributed by atoms with Crippen molar-refractivity contribution in [2.75, 3.05) is 5.43 Å². The first-order valence-corrected chi connectivity index (χ1v) is 10.8. The lowest BCUT2D eigenvalue weighted by molar-refractivity contribution is -0.120. The second kappa shape index (κ2) is 10.2. The molecule has 4 N–H and O–H groups in total. The number of aromatic nitrogens is 3. The van der Waals surface area contributed by atoms with E-state index in [9.17, 15) is 9.59 Å². The monoisotopic (exact) mass is 476 g/mol. The van der Waals surface area contributed by atoms with E-state index in [4.69, 9.17) is 28.9 Å². The first kappa shape index (κ1) is 23.8.